The molecule has 4 nitrogen and oxygen atoms in total. The van der Waals surface area contributed by atoms with E-state index in [0.29, 0.717) is 18.7 Å². The van der Waals surface area contributed by atoms with Gasteiger partial charge >= 0.3 is 6.18 Å². The number of nitrogens with zero attached hydrogens (tertiary/aromatic N) is 1. The van der Waals surface area contributed by atoms with E-state index in [4.69, 9.17) is 0 Å². The summed E-state index contributed by atoms with van der Waals surface area (Å²) >= 11 is 0. The zero-order chi connectivity index (χ0) is 14.9. The minimum atomic E-state index is -4.49. The van der Waals surface area contributed by atoms with Crippen molar-refractivity contribution in [3.8, 4) is 0 Å². The fourth-order valence-corrected chi connectivity index (χ4v) is 2.21. The number of likely N-dealkylation sites (tertiary alicyclic amines) is 1. The zero-order valence-corrected chi connectivity index (χ0v) is 10.9. The molecule has 7 heteroatoms. The van der Waals surface area contributed by atoms with Crippen molar-refractivity contribution in [1.29, 1.82) is 0 Å². The Morgan fingerprint density at radius 1 is 1.45 bits per heavy atom. The predicted molar refractivity (Wildman–Crippen MR) is 67.5 cm³/mol. The van der Waals surface area contributed by atoms with Crippen LogP contribution in [0.4, 0.5) is 18.9 Å². The Bertz CT molecular complexity index is 517. The van der Waals surface area contributed by atoms with Gasteiger partial charge in [0.05, 0.1) is 17.2 Å². The van der Waals surface area contributed by atoms with Crippen LogP contribution in [0.15, 0.2) is 18.2 Å². The minimum Gasteiger partial charge on any atom is -0.391 e. The molecule has 1 atom stereocenters. The molecular weight excluding hydrogens is 273 g/mol. The second-order valence-corrected chi connectivity index (χ2v) is 4.70. The van der Waals surface area contributed by atoms with Gasteiger partial charge in [-0.3, -0.25) is 4.79 Å². The van der Waals surface area contributed by atoms with Crippen LogP contribution in [-0.2, 0) is 6.18 Å². The molecule has 20 heavy (non-hydrogen) atoms. The molecule has 1 amide bonds. The first-order valence-corrected chi connectivity index (χ1v) is 6.19. The second kappa shape index (κ2) is 5.32. The van der Waals surface area contributed by atoms with E-state index in [9.17, 15) is 23.1 Å². The van der Waals surface area contributed by atoms with Crippen molar-refractivity contribution in [2.75, 3.05) is 25.5 Å². The summed E-state index contributed by atoms with van der Waals surface area (Å²) in [4.78, 5) is 13.6. The Labute approximate surface area is 114 Å². The van der Waals surface area contributed by atoms with Crippen molar-refractivity contribution >= 4 is 11.6 Å². The number of carbonyl (C=O) groups is 1. The van der Waals surface area contributed by atoms with Crippen molar-refractivity contribution in [2.45, 2.75) is 18.7 Å². The third-order valence-electron chi connectivity index (χ3n) is 3.30. The Balaban J connectivity index is 2.35. The fourth-order valence-electron chi connectivity index (χ4n) is 2.21. The molecule has 0 unspecified atom stereocenters. The number of amides is 1. The highest BCUT2D eigenvalue weighted by atomic mass is 19.4. The van der Waals surface area contributed by atoms with Crippen LogP contribution in [0.3, 0.4) is 0 Å². The quantitative estimate of drug-likeness (QED) is 0.874. The monoisotopic (exact) mass is 288 g/mol. The van der Waals surface area contributed by atoms with Crippen LogP contribution in [-0.4, -0.2) is 42.2 Å². The van der Waals surface area contributed by atoms with E-state index in [1.165, 1.54) is 18.0 Å². The van der Waals surface area contributed by atoms with Crippen molar-refractivity contribution in [1.82, 2.24) is 4.90 Å². The number of rotatable bonds is 2. The third kappa shape index (κ3) is 2.87. The summed E-state index contributed by atoms with van der Waals surface area (Å²) < 4.78 is 38.2. The topological polar surface area (TPSA) is 52.6 Å². The lowest BCUT2D eigenvalue weighted by molar-refractivity contribution is -0.137. The van der Waals surface area contributed by atoms with Crippen LogP contribution in [0.2, 0.25) is 0 Å². The Kier molecular flexibility index (Phi) is 3.89. The van der Waals surface area contributed by atoms with E-state index in [1.807, 2.05) is 0 Å². The van der Waals surface area contributed by atoms with Gasteiger partial charge in [-0.2, -0.15) is 13.2 Å². The lowest BCUT2D eigenvalue weighted by Crippen LogP contribution is -2.30. The van der Waals surface area contributed by atoms with Crippen LogP contribution < -0.4 is 5.32 Å². The summed E-state index contributed by atoms with van der Waals surface area (Å²) in [6, 6.07) is 3.02. The van der Waals surface area contributed by atoms with Crippen molar-refractivity contribution < 1.29 is 23.1 Å². The number of benzene rings is 1. The average Bonchev–Trinajstić information content (AvgIpc) is 2.82. The molecule has 1 aromatic rings. The van der Waals surface area contributed by atoms with Gasteiger partial charge in [0.25, 0.3) is 5.91 Å². The number of β-amino-alcohol motifs (C(OH)–C–C–N with tert-alkyl or cyclic N) is 1. The van der Waals surface area contributed by atoms with Crippen LogP contribution in [0, 0.1) is 0 Å². The molecule has 0 bridgehead atoms. The lowest BCUT2D eigenvalue weighted by Gasteiger charge is -2.19. The van der Waals surface area contributed by atoms with Gasteiger partial charge in [-0.25, -0.2) is 0 Å². The molecule has 0 spiro atoms. The molecule has 2 rings (SSSR count). The first kappa shape index (κ1) is 14.6. The van der Waals surface area contributed by atoms with E-state index in [2.05, 4.69) is 5.32 Å². The highest BCUT2D eigenvalue weighted by Gasteiger charge is 2.33. The molecule has 1 aliphatic heterocycles. The SMILES string of the molecule is CNc1ccc(C(F)(F)F)cc1C(=O)N1CC[C@H](O)C1. The van der Waals surface area contributed by atoms with Crippen molar-refractivity contribution in [3.63, 3.8) is 0 Å². The van der Waals surface area contributed by atoms with E-state index in [0.717, 1.165) is 12.1 Å². The van der Waals surface area contributed by atoms with Gasteiger partial charge in [-0.15, -0.1) is 0 Å². The summed E-state index contributed by atoms with van der Waals surface area (Å²) in [5.41, 5.74) is -0.555. The number of nitrogens with one attached hydrogen (secondary N) is 1. The van der Waals surface area contributed by atoms with Gasteiger partial charge in [0.15, 0.2) is 0 Å². The maximum Gasteiger partial charge on any atom is 0.416 e. The van der Waals surface area contributed by atoms with E-state index >= 15 is 0 Å². The molecule has 1 aliphatic rings. The maximum atomic E-state index is 12.7. The minimum absolute atomic E-state index is 0.0311. The van der Waals surface area contributed by atoms with Crippen LogP contribution >= 0.6 is 0 Å². The van der Waals surface area contributed by atoms with Gasteiger partial charge in [0.1, 0.15) is 0 Å². The highest BCUT2D eigenvalue weighted by molar-refractivity contribution is 6.00. The van der Waals surface area contributed by atoms with Gasteiger partial charge in [0.2, 0.25) is 0 Å². The molecule has 1 heterocycles. The zero-order valence-electron chi connectivity index (χ0n) is 10.9. The molecule has 0 saturated carbocycles. The summed E-state index contributed by atoms with van der Waals surface area (Å²) in [5.74, 6) is -0.503. The summed E-state index contributed by atoms with van der Waals surface area (Å²) in [6.45, 7) is 0.498. The van der Waals surface area contributed by atoms with Gasteiger partial charge < -0.3 is 15.3 Å². The molecule has 0 aromatic heterocycles. The van der Waals surface area contributed by atoms with E-state index in [-0.39, 0.29) is 12.1 Å². The number of carbonyl (C=O) groups excluding carboxylic acids is 1. The molecule has 1 fully saturated rings. The van der Waals surface area contributed by atoms with Crippen molar-refractivity contribution in [3.05, 3.63) is 29.3 Å². The number of aliphatic hydroxyl groups is 1. The van der Waals surface area contributed by atoms with E-state index in [1.54, 1.807) is 0 Å². The number of halogens is 3. The molecule has 1 aromatic carbocycles. The molecule has 0 aliphatic carbocycles. The standard InChI is InChI=1S/C13H15F3N2O2/c1-17-11-3-2-8(13(14,15)16)6-10(11)12(20)18-5-4-9(19)7-18/h2-3,6,9,17,19H,4-5,7H2,1H3/t9-/m0/s1. The predicted octanol–water partition coefficient (Wildman–Crippen LogP) is 1.95. The number of hydrogen-bond acceptors (Lipinski definition) is 3. The molecule has 2 N–H and O–H groups in total. The average molecular weight is 288 g/mol. The van der Waals surface area contributed by atoms with Gasteiger partial charge in [-0.05, 0) is 24.6 Å². The Morgan fingerprint density at radius 3 is 2.65 bits per heavy atom. The Hall–Kier alpha value is -1.76. The number of anilines is 1. The van der Waals surface area contributed by atoms with E-state index < -0.39 is 23.8 Å². The first-order chi connectivity index (χ1) is 9.32. The maximum absolute atomic E-state index is 12.7. The smallest absolute Gasteiger partial charge is 0.391 e. The molecular formula is C13H15F3N2O2. The second-order valence-electron chi connectivity index (χ2n) is 4.70. The number of alkyl halides is 3. The lowest BCUT2D eigenvalue weighted by atomic mass is 10.1. The van der Waals surface area contributed by atoms with Gasteiger partial charge in [0, 0.05) is 25.8 Å². The number of aliphatic hydroxyl groups excluding tert-OH is 1. The van der Waals surface area contributed by atoms with Crippen molar-refractivity contribution in [2.24, 2.45) is 0 Å². The summed E-state index contributed by atoms with van der Waals surface area (Å²) in [5, 5.41) is 12.1. The highest BCUT2D eigenvalue weighted by Crippen LogP contribution is 2.32. The van der Waals surface area contributed by atoms with Crippen LogP contribution in [0.25, 0.3) is 0 Å². The van der Waals surface area contributed by atoms with Crippen LogP contribution in [0.1, 0.15) is 22.3 Å². The summed E-state index contributed by atoms with van der Waals surface area (Å²) in [6.07, 6.45) is -4.66. The molecule has 1 saturated heterocycles. The molecule has 110 valence electrons. The van der Waals surface area contributed by atoms with Crippen LogP contribution in [0.5, 0.6) is 0 Å². The fraction of sp³-hybridized carbons (Fsp3) is 0.462. The largest absolute Gasteiger partial charge is 0.416 e. The Morgan fingerprint density at radius 2 is 2.15 bits per heavy atom. The summed E-state index contributed by atoms with van der Waals surface area (Å²) in [7, 11) is 1.54. The first-order valence-electron chi connectivity index (χ1n) is 6.19. The van der Waals surface area contributed by atoms with Gasteiger partial charge in [-0.1, -0.05) is 0 Å². The normalized spacial score (nSPS) is 19.2. The third-order valence-corrected chi connectivity index (χ3v) is 3.30. The molecule has 0 radical (unpaired) electrons. The number of hydrogen-bond donors (Lipinski definition) is 2.